The lowest BCUT2D eigenvalue weighted by molar-refractivity contribution is -0.137. The summed E-state index contributed by atoms with van der Waals surface area (Å²) in [4.78, 5) is 13.7. The first-order valence-corrected chi connectivity index (χ1v) is 6.83. The molecule has 1 aliphatic heterocycles. The van der Waals surface area contributed by atoms with Gasteiger partial charge in [0, 0.05) is 18.8 Å². The fourth-order valence-electron chi connectivity index (χ4n) is 2.43. The lowest BCUT2D eigenvalue weighted by Gasteiger charge is -2.17. The summed E-state index contributed by atoms with van der Waals surface area (Å²) in [5.74, 6) is 0.411. The van der Waals surface area contributed by atoms with Crippen LogP contribution >= 0.6 is 0 Å². The average molecular weight is 301 g/mol. The highest BCUT2D eigenvalue weighted by atomic mass is 19.4. The van der Waals surface area contributed by atoms with Crippen molar-refractivity contribution >= 4 is 11.7 Å². The van der Waals surface area contributed by atoms with Gasteiger partial charge in [0.05, 0.1) is 5.56 Å². The van der Waals surface area contributed by atoms with E-state index < -0.39 is 11.7 Å². The van der Waals surface area contributed by atoms with Crippen molar-refractivity contribution in [2.24, 2.45) is 11.7 Å². The molecule has 7 heteroatoms. The number of benzene rings is 1. The predicted molar refractivity (Wildman–Crippen MR) is 73.8 cm³/mol. The minimum atomic E-state index is -4.37. The van der Waals surface area contributed by atoms with Crippen LogP contribution < -0.4 is 11.1 Å². The molecule has 1 unspecified atom stereocenters. The van der Waals surface area contributed by atoms with Crippen molar-refractivity contribution in [1.82, 2.24) is 4.90 Å². The van der Waals surface area contributed by atoms with Crippen molar-refractivity contribution in [3.05, 3.63) is 29.8 Å². The van der Waals surface area contributed by atoms with Crippen molar-refractivity contribution in [3.8, 4) is 0 Å². The minimum Gasteiger partial charge on any atom is -0.330 e. The number of likely N-dealkylation sites (tertiary alicyclic amines) is 1. The first-order chi connectivity index (χ1) is 9.90. The highest BCUT2D eigenvalue weighted by molar-refractivity contribution is 5.89. The topological polar surface area (TPSA) is 58.4 Å². The molecule has 0 aromatic heterocycles. The molecule has 0 aliphatic carbocycles. The molecule has 0 saturated carbocycles. The van der Waals surface area contributed by atoms with Gasteiger partial charge in [0.15, 0.2) is 0 Å². The van der Waals surface area contributed by atoms with Gasteiger partial charge in [-0.1, -0.05) is 0 Å². The third-order valence-electron chi connectivity index (χ3n) is 3.61. The molecular weight excluding hydrogens is 283 g/mol. The van der Waals surface area contributed by atoms with Crippen LogP contribution in [0.15, 0.2) is 24.3 Å². The molecular formula is C14H18F3N3O. The predicted octanol–water partition coefficient (Wildman–Crippen LogP) is 2.91. The number of nitrogens with two attached hydrogens (primary N) is 1. The lowest BCUT2D eigenvalue weighted by Crippen LogP contribution is -2.33. The standard InChI is InChI=1S/C14H18F3N3O/c15-14(16,17)11-1-3-12(4-2-11)19-13(21)20-8-6-10(9-20)5-7-18/h1-4,10H,5-9,18H2,(H,19,21). The van der Waals surface area contributed by atoms with Crippen molar-refractivity contribution in [2.45, 2.75) is 19.0 Å². The quantitative estimate of drug-likeness (QED) is 0.902. The number of amides is 2. The Kier molecular flexibility index (Phi) is 4.72. The third-order valence-corrected chi connectivity index (χ3v) is 3.61. The Labute approximate surface area is 121 Å². The van der Waals surface area contributed by atoms with E-state index >= 15 is 0 Å². The van der Waals surface area contributed by atoms with Crippen molar-refractivity contribution in [2.75, 3.05) is 25.0 Å². The fraction of sp³-hybridized carbons (Fsp3) is 0.500. The first kappa shape index (κ1) is 15.6. The molecule has 0 radical (unpaired) electrons. The van der Waals surface area contributed by atoms with Gasteiger partial charge >= 0.3 is 12.2 Å². The Hall–Kier alpha value is -1.76. The molecule has 0 spiro atoms. The summed E-state index contributed by atoms with van der Waals surface area (Å²) in [6.45, 7) is 1.89. The lowest BCUT2D eigenvalue weighted by atomic mass is 10.1. The van der Waals surface area contributed by atoms with E-state index in [1.54, 1.807) is 4.90 Å². The van der Waals surface area contributed by atoms with Crippen LogP contribution in [0.1, 0.15) is 18.4 Å². The molecule has 0 bridgehead atoms. The summed E-state index contributed by atoms with van der Waals surface area (Å²) >= 11 is 0. The fourth-order valence-corrected chi connectivity index (χ4v) is 2.43. The summed E-state index contributed by atoms with van der Waals surface area (Å²) in [5, 5.41) is 2.61. The van der Waals surface area contributed by atoms with Crippen LogP contribution in [0.5, 0.6) is 0 Å². The minimum absolute atomic E-state index is 0.283. The van der Waals surface area contributed by atoms with Gasteiger partial charge in [-0.15, -0.1) is 0 Å². The molecule has 2 rings (SSSR count). The second kappa shape index (κ2) is 6.34. The van der Waals surface area contributed by atoms with Gasteiger partial charge in [-0.3, -0.25) is 0 Å². The van der Waals surface area contributed by atoms with Gasteiger partial charge in [-0.2, -0.15) is 13.2 Å². The van der Waals surface area contributed by atoms with E-state index in [9.17, 15) is 18.0 Å². The molecule has 1 heterocycles. The summed E-state index contributed by atoms with van der Waals surface area (Å²) in [6.07, 6.45) is -2.57. The molecule has 1 aromatic carbocycles. The van der Waals surface area contributed by atoms with E-state index in [1.165, 1.54) is 12.1 Å². The second-order valence-corrected chi connectivity index (χ2v) is 5.18. The molecule has 116 valence electrons. The number of rotatable bonds is 3. The van der Waals surface area contributed by atoms with E-state index in [-0.39, 0.29) is 6.03 Å². The van der Waals surface area contributed by atoms with Crippen LogP contribution in [-0.2, 0) is 6.18 Å². The van der Waals surface area contributed by atoms with E-state index in [2.05, 4.69) is 5.32 Å². The van der Waals surface area contributed by atoms with Crippen molar-refractivity contribution < 1.29 is 18.0 Å². The Morgan fingerprint density at radius 1 is 1.33 bits per heavy atom. The van der Waals surface area contributed by atoms with Gasteiger partial charge in [0.2, 0.25) is 0 Å². The second-order valence-electron chi connectivity index (χ2n) is 5.18. The number of nitrogens with zero attached hydrogens (tertiary/aromatic N) is 1. The highest BCUT2D eigenvalue weighted by Gasteiger charge is 2.30. The smallest absolute Gasteiger partial charge is 0.330 e. The first-order valence-electron chi connectivity index (χ1n) is 6.83. The Morgan fingerprint density at radius 2 is 2.00 bits per heavy atom. The number of anilines is 1. The van der Waals surface area contributed by atoms with Crippen LogP contribution in [0, 0.1) is 5.92 Å². The maximum absolute atomic E-state index is 12.4. The number of halogens is 3. The molecule has 3 N–H and O–H groups in total. The van der Waals surface area contributed by atoms with Crippen molar-refractivity contribution in [1.29, 1.82) is 0 Å². The molecule has 4 nitrogen and oxygen atoms in total. The molecule has 1 atom stereocenters. The molecule has 21 heavy (non-hydrogen) atoms. The van der Waals surface area contributed by atoms with Crippen LogP contribution in [-0.4, -0.2) is 30.6 Å². The Bertz CT molecular complexity index is 487. The summed E-state index contributed by atoms with van der Waals surface area (Å²) in [6, 6.07) is 4.14. The van der Waals surface area contributed by atoms with Crippen LogP contribution in [0.4, 0.5) is 23.7 Å². The molecule has 1 fully saturated rings. The van der Waals surface area contributed by atoms with Gasteiger partial charge in [-0.05, 0) is 49.6 Å². The van der Waals surface area contributed by atoms with Gasteiger partial charge in [0.1, 0.15) is 0 Å². The average Bonchev–Trinajstić information content (AvgIpc) is 2.87. The number of hydrogen-bond acceptors (Lipinski definition) is 2. The third kappa shape index (κ3) is 4.10. The summed E-state index contributed by atoms with van der Waals surface area (Å²) in [5.41, 5.74) is 5.12. The number of urea groups is 1. The Balaban J connectivity index is 1.91. The molecule has 1 aliphatic rings. The zero-order valence-electron chi connectivity index (χ0n) is 11.5. The SMILES string of the molecule is NCCC1CCN(C(=O)Nc2ccc(C(F)(F)F)cc2)C1. The number of nitrogens with one attached hydrogen (secondary N) is 1. The maximum atomic E-state index is 12.4. The van der Waals surface area contributed by atoms with Crippen LogP contribution in [0.3, 0.4) is 0 Å². The largest absolute Gasteiger partial charge is 0.416 e. The Morgan fingerprint density at radius 3 is 2.57 bits per heavy atom. The summed E-state index contributed by atoms with van der Waals surface area (Å²) in [7, 11) is 0. The molecule has 2 amide bonds. The van der Waals surface area contributed by atoms with E-state index in [0.29, 0.717) is 31.2 Å². The maximum Gasteiger partial charge on any atom is 0.416 e. The molecule has 1 saturated heterocycles. The number of carbonyl (C=O) groups excluding carboxylic acids is 1. The molecule has 1 aromatic rings. The number of hydrogen-bond donors (Lipinski definition) is 2. The van der Waals surface area contributed by atoms with E-state index in [0.717, 1.165) is 25.0 Å². The highest BCUT2D eigenvalue weighted by Crippen LogP contribution is 2.30. The van der Waals surface area contributed by atoms with Crippen LogP contribution in [0.2, 0.25) is 0 Å². The van der Waals surface area contributed by atoms with Crippen LogP contribution in [0.25, 0.3) is 0 Å². The zero-order valence-corrected chi connectivity index (χ0v) is 11.5. The van der Waals surface area contributed by atoms with E-state index in [1.807, 2.05) is 0 Å². The normalized spacial score (nSPS) is 18.9. The van der Waals surface area contributed by atoms with Crippen molar-refractivity contribution in [3.63, 3.8) is 0 Å². The van der Waals surface area contributed by atoms with Gasteiger partial charge in [0.25, 0.3) is 0 Å². The van der Waals surface area contributed by atoms with E-state index in [4.69, 9.17) is 5.73 Å². The summed E-state index contributed by atoms with van der Waals surface area (Å²) < 4.78 is 37.3. The zero-order chi connectivity index (χ0) is 15.5. The number of carbonyl (C=O) groups is 1. The number of alkyl halides is 3. The van der Waals surface area contributed by atoms with Gasteiger partial charge in [-0.25, -0.2) is 4.79 Å². The van der Waals surface area contributed by atoms with Gasteiger partial charge < -0.3 is 16.0 Å². The monoisotopic (exact) mass is 301 g/mol.